The fourth-order valence-electron chi connectivity index (χ4n) is 0.776. The van der Waals surface area contributed by atoms with E-state index >= 15 is 0 Å². The summed E-state index contributed by atoms with van der Waals surface area (Å²) in [5.41, 5.74) is -0.378. The molecule has 0 unspecified atom stereocenters. The second-order valence-corrected chi connectivity index (χ2v) is 3.27. The van der Waals surface area contributed by atoms with E-state index < -0.39 is 17.9 Å². The van der Waals surface area contributed by atoms with Crippen LogP contribution in [0.3, 0.4) is 0 Å². The van der Waals surface area contributed by atoms with Crippen LogP contribution >= 0.6 is 27.5 Å². The lowest BCUT2D eigenvalue weighted by Gasteiger charge is -2.04. The average molecular weight is 274 g/mol. The lowest BCUT2D eigenvalue weighted by Crippen LogP contribution is -1.98. The summed E-state index contributed by atoms with van der Waals surface area (Å²) in [5, 5.41) is 0. The predicted octanol–water partition coefficient (Wildman–Crippen LogP) is 3.66. The van der Waals surface area contributed by atoms with Gasteiger partial charge in [-0.3, -0.25) is 0 Å². The normalized spacial score (nSPS) is 10.9. The number of halogens is 5. The molecule has 1 heterocycles. The number of aromatic nitrogens is 1. The molecule has 1 aromatic rings. The van der Waals surface area contributed by atoms with Gasteiger partial charge in [0, 0.05) is 5.56 Å². The summed E-state index contributed by atoms with van der Waals surface area (Å²) in [7, 11) is 0. The van der Waals surface area contributed by atoms with Gasteiger partial charge in [0.05, 0.1) is 11.4 Å². The van der Waals surface area contributed by atoms with Crippen LogP contribution in [0.2, 0.25) is 0 Å². The molecule has 0 amide bonds. The molecular formula is C7H4BrClF3N. The standard InChI is InChI=1S/C7H4BrClF3N/c8-5-3(2-9)1-4(6(10)11)7(12)13-5/h1,6H,2H2. The predicted molar refractivity (Wildman–Crippen MR) is 46.4 cm³/mol. The highest BCUT2D eigenvalue weighted by molar-refractivity contribution is 9.10. The van der Waals surface area contributed by atoms with Crippen LogP contribution in [-0.4, -0.2) is 4.98 Å². The maximum absolute atomic E-state index is 12.8. The summed E-state index contributed by atoms with van der Waals surface area (Å²) in [6.07, 6.45) is -2.87. The van der Waals surface area contributed by atoms with Crippen molar-refractivity contribution in [3.63, 3.8) is 0 Å². The molecule has 0 radical (unpaired) electrons. The zero-order chi connectivity index (χ0) is 10.0. The third-order valence-electron chi connectivity index (χ3n) is 1.41. The van der Waals surface area contributed by atoms with Gasteiger partial charge in [0.2, 0.25) is 5.95 Å². The number of hydrogen-bond acceptors (Lipinski definition) is 1. The molecule has 0 fully saturated rings. The van der Waals surface area contributed by atoms with Gasteiger partial charge >= 0.3 is 0 Å². The second kappa shape index (κ2) is 4.28. The molecule has 6 heteroatoms. The molecule has 0 spiro atoms. The number of rotatable bonds is 2. The van der Waals surface area contributed by atoms with Crippen molar-refractivity contribution >= 4 is 27.5 Å². The van der Waals surface area contributed by atoms with E-state index in [-0.39, 0.29) is 10.5 Å². The van der Waals surface area contributed by atoms with E-state index in [0.717, 1.165) is 6.07 Å². The Balaban J connectivity index is 3.22. The summed E-state index contributed by atoms with van der Waals surface area (Å²) < 4.78 is 37.2. The zero-order valence-electron chi connectivity index (χ0n) is 6.20. The average Bonchev–Trinajstić information content (AvgIpc) is 2.03. The van der Waals surface area contributed by atoms with E-state index in [9.17, 15) is 13.2 Å². The Morgan fingerprint density at radius 3 is 2.62 bits per heavy atom. The van der Waals surface area contributed by atoms with Gasteiger partial charge in [0.1, 0.15) is 4.60 Å². The Hall–Kier alpha value is -0.290. The molecule has 0 N–H and O–H groups in total. The minimum absolute atomic E-state index is 0.00752. The van der Waals surface area contributed by atoms with Crippen LogP contribution in [0.5, 0.6) is 0 Å². The minimum Gasteiger partial charge on any atom is -0.212 e. The van der Waals surface area contributed by atoms with Gasteiger partial charge in [-0.05, 0) is 22.0 Å². The van der Waals surface area contributed by atoms with E-state index in [4.69, 9.17) is 11.6 Å². The Morgan fingerprint density at radius 1 is 1.54 bits per heavy atom. The molecule has 1 aromatic heterocycles. The molecule has 0 bridgehead atoms. The molecule has 0 aliphatic rings. The first-order valence-electron chi connectivity index (χ1n) is 3.25. The maximum Gasteiger partial charge on any atom is 0.268 e. The maximum atomic E-state index is 12.8. The van der Waals surface area contributed by atoms with Crippen LogP contribution in [0.25, 0.3) is 0 Å². The summed E-state index contributed by atoms with van der Waals surface area (Å²) >= 11 is 8.33. The monoisotopic (exact) mass is 273 g/mol. The molecule has 1 nitrogen and oxygen atoms in total. The molecule has 72 valence electrons. The molecule has 0 aromatic carbocycles. The van der Waals surface area contributed by atoms with E-state index in [1.165, 1.54) is 0 Å². The molecule has 0 saturated carbocycles. The van der Waals surface area contributed by atoms with Gasteiger partial charge in [-0.2, -0.15) is 4.39 Å². The van der Waals surface area contributed by atoms with Crippen molar-refractivity contribution < 1.29 is 13.2 Å². The van der Waals surface area contributed by atoms with Crippen molar-refractivity contribution in [3.8, 4) is 0 Å². The lowest BCUT2D eigenvalue weighted by atomic mass is 10.2. The topological polar surface area (TPSA) is 12.9 Å². The van der Waals surface area contributed by atoms with Gasteiger partial charge in [-0.1, -0.05) is 0 Å². The molecule has 0 saturated heterocycles. The molecular weight excluding hydrogens is 270 g/mol. The summed E-state index contributed by atoms with van der Waals surface area (Å²) in [4.78, 5) is 3.25. The van der Waals surface area contributed by atoms with E-state index in [2.05, 4.69) is 20.9 Å². The second-order valence-electron chi connectivity index (χ2n) is 2.25. The van der Waals surface area contributed by atoms with Crippen molar-refractivity contribution in [3.05, 3.63) is 27.7 Å². The fraction of sp³-hybridized carbons (Fsp3) is 0.286. The summed E-state index contributed by atoms with van der Waals surface area (Å²) in [6.45, 7) is 0. The number of alkyl halides is 3. The van der Waals surface area contributed by atoms with Crippen molar-refractivity contribution in [2.75, 3.05) is 0 Å². The van der Waals surface area contributed by atoms with E-state index in [1.54, 1.807) is 0 Å². The van der Waals surface area contributed by atoms with Crippen molar-refractivity contribution in [2.24, 2.45) is 0 Å². The van der Waals surface area contributed by atoms with Crippen LogP contribution < -0.4 is 0 Å². The highest BCUT2D eigenvalue weighted by Gasteiger charge is 2.17. The zero-order valence-corrected chi connectivity index (χ0v) is 8.54. The van der Waals surface area contributed by atoms with Gasteiger partial charge in [-0.15, -0.1) is 11.6 Å². The highest BCUT2D eigenvalue weighted by Crippen LogP contribution is 2.26. The van der Waals surface area contributed by atoms with Gasteiger partial charge in [0.25, 0.3) is 6.43 Å². The molecule has 13 heavy (non-hydrogen) atoms. The Kier molecular flexibility index (Phi) is 3.55. The highest BCUT2D eigenvalue weighted by atomic mass is 79.9. The smallest absolute Gasteiger partial charge is 0.212 e. The SMILES string of the molecule is Fc1nc(Br)c(CCl)cc1C(F)F. The van der Waals surface area contributed by atoms with Gasteiger partial charge in [0.15, 0.2) is 0 Å². The van der Waals surface area contributed by atoms with Crippen LogP contribution in [0.4, 0.5) is 13.2 Å². The summed E-state index contributed by atoms with van der Waals surface area (Å²) in [5.74, 6) is -1.16. The first-order valence-corrected chi connectivity index (χ1v) is 4.58. The van der Waals surface area contributed by atoms with Crippen molar-refractivity contribution in [1.29, 1.82) is 0 Å². The van der Waals surface area contributed by atoms with Crippen molar-refractivity contribution in [1.82, 2.24) is 4.98 Å². The molecule has 1 rings (SSSR count). The molecule has 0 aliphatic carbocycles. The third-order valence-corrected chi connectivity index (χ3v) is 2.38. The van der Waals surface area contributed by atoms with Crippen molar-refractivity contribution in [2.45, 2.75) is 12.3 Å². The fourth-order valence-corrected chi connectivity index (χ4v) is 1.55. The van der Waals surface area contributed by atoms with Gasteiger partial charge < -0.3 is 0 Å². The Morgan fingerprint density at radius 2 is 2.15 bits per heavy atom. The molecule has 0 aliphatic heterocycles. The van der Waals surface area contributed by atoms with Crippen LogP contribution in [-0.2, 0) is 5.88 Å². The minimum atomic E-state index is -2.87. The summed E-state index contributed by atoms with van der Waals surface area (Å²) in [6, 6.07) is 1.00. The van der Waals surface area contributed by atoms with E-state index in [1.807, 2.05) is 0 Å². The lowest BCUT2D eigenvalue weighted by molar-refractivity contribution is 0.145. The van der Waals surface area contributed by atoms with Gasteiger partial charge in [-0.25, -0.2) is 13.8 Å². The van der Waals surface area contributed by atoms with Crippen LogP contribution in [0.15, 0.2) is 10.7 Å². The number of hydrogen-bond donors (Lipinski definition) is 0. The quantitative estimate of drug-likeness (QED) is 0.592. The van der Waals surface area contributed by atoms with Crippen LogP contribution in [0, 0.1) is 5.95 Å². The third kappa shape index (κ3) is 2.34. The van der Waals surface area contributed by atoms with E-state index in [0.29, 0.717) is 5.56 Å². The Labute approximate surface area is 86.0 Å². The first kappa shape index (κ1) is 10.8. The largest absolute Gasteiger partial charge is 0.268 e. The van der Waals surface area contributed by atoms with Crippen LogP contribution in [0.1, 0.15) is 17.6 Å². The Bertz CT molecular complexity index is 319. The number of pyridine rings is 1. The number of nitrogens with zero attached hydrogens (tertiary/aromatic N) is 1. The first-order chi connectivity index (χ1) is 6.06. The molecule has 0 atom stereocenters.